The van der Waals surface area contributed by atoms with E-state index in [0.717, 1.165) is 4.90 Å². The second kappa shape index (κ2) is 7.89. The normalized spacial score (nSPS) is 11.7. The van der Waals surface area contributed by atoms with Crippen molar-refractivity contribution in [2.24, 2.45) is 5.73 Å². The van der Waals surface area contributed by atoms with Gasteiger partial charge in [0.05, 0.1) is 0 Å². The standard InChI is InChI=1S/C21H18N2O2S/c22-18-16(19(24)14-8-3-1-4-9-14)12-7-13-17(18)20(21(23)25)26-15-10-5-2-6-11-15/h1-13,20H,22H2,(H2,23,25). The minimum atomic E-state index is -0.680. The van der Waals surface area contributed by atoms with E-state index < -0.39 is 11.2 Å². The number of rotatable bonds is 6. The Morgan fingerprint density at radius 2 is 1.42 bits per heavy atom. The fourth-order valence-corrected chi connectivity index (χ4v) is 3.70. The third-order valence-corrected chi connectivity index (χ3v) is 5.22. The predicted molar refractivity (Wildman–Crippen MR) is 105 cm³/mol. The van der Waals surface area contributed by atoms with Crippen LogP contribution >= 0.6 is 11.8 Å². The van der Waals surface area contributed by atoms with Crippen LogP contribution in [-0.4, -0.2) is 11.7 Å². The molecule has 130 valence electrons. The van der Waals surface area contributed by atoms with E-state index in [2.05, 4.69) is 0 Å². The lowest BCUT2D eigenvalue weighted by Gasteiger charge is -2.17. The number of hydrogen-bond donors (Lipinski definition) is 2. The lowest BCUT2D eigenvalue weighted by atomic mass is 9.97. The zero-order chi connectivity index (χ0) is 18.5. The van der Waals surface area contributed by atoms with Gasteiger partial charge in [-0.05, 0) is 23.8 Å². The van der Waals surface area contributed by atoms with E-state index in [9.17, 15) is 9.59 Å². The number of carbonyl (C=O) groups excluding carboxylic acids is 2. The summed E-state index contributed by atoms with van der Waals surface area (Å²) in [5.41, 5.74) is 13.6. The molecule has 3 aromatic rings. The van der Waals surface area contributed by atoms with Gasteiger partial charge in [-0.3, -0.25) is 9.59 Å². The quantitative estimate of drug-likeness (QED) is 0.396. The summed E-state index contributed by atoms with van der Waals surface area (Å²) in [6, 6.07) is 23.5. The summed E-state index contributed by atoms with van der Waals surface area (Å²) in [5.74, 6) is -0.687. The van der Waals surface area contributed by atoms with Crippen molar-refractivity contribution in [2.75, 3.05) is 5.73 Å². The van der Waals surface area contributed by atoms with Crippen LogP contribution in [0.25, 0.3) is 0 Å². The largest absolute Gasteiger partial charge is 0.398 e. The number of thioether (sulfide) groups is 1. The summed E-state index contributed by atoms with van der Waals surface area (Å²) in [5, 5.41) is -0.680. The first-order valence-electron chi connectivity index (χ1n) is 8.07. The van der Waals surface area contributed by atoms with Gasteiger partial charge >= 0.3 is 0 Å². The summed E-state index contributed by atoms with van der Waals surface area (Å²) < 4.78 is 0. The Bertz CT molecular complexity index is 927. The van der Waals surface area contributed by atoms with Crippen LogP contribution in [0.2, 0.25) is 0 Å². The van der Waals surface area contributed by atoms with Gasteiger partial charge in [0, 0.05) is 21.7 Å². The third-order valence-electron chi connectivity index (χ3n) is 3.96. The molecule has 0 saturated carbocycles. The zero-order valence-corrected chi connectivity index (χ0v) is 14.8. The first-order valence-corrected chi connectivity index (χ1v) is 8.95. The van der Waals surface area contributed by atoms with Crippen LogP contribution in [0.3, 0.4) is 0 Å². The summed E-state index contributed by atoms with van der Waals surface area (Å²) in [6.07, 6.45) is 0. The van der Waals surface area contributed by atoms with Crippen LogP contribution in [0.4, 0.5) is 5.69 Å². The molecule has 0 fully saturated rings. The number of anilines is 1. The molecule has 4 nitrogen and oxygen atoms in total. The molecule has 1 atom stereocenters. The molecule has 5 heteroatoms. The van der Waals surface area contributed by atoms with E-state index in [1.165, 1.54) is 11.8 Å². The minimum Gasteiger partial charge on any atom is -0.398 e. The van der Waals surface area contributed by atoms with Crippen molar-refractivity contribution in [1.29, 1.82) is 0 Å². The van der Waals surface area contributed by atoms with Gasteiger partial charge in [-0.1, -0.05) is 60.7 Å². The molecule has 0 aliphatic rings. The Balaban J connectivity index is 1.99. The molecule has 4 N–H and O–H groups in total. The van der Waals surface area contributed by atoms with Crippen LogP contribution in [0.15, 0.2) is 83.8 Å². The number of nitrogen functional groups attached to an aromatic ring is 1. The molecule has 0 saturated heterocycles. The zero-order valence-electron chi connectivity index (χ0n) is 14.0. The summed E-state index contributed by atoms with van der Waals surface area (Å²) in [6.45, 7) is 0. The number of amides is 1. The fraction of sp³-hybridized carbons (Fsp3) is 0.0476. The van der Waals surface area contributed by atoms with Gasteiger partial charge in [0.15, 0.2) is 5.78 Å². The maximum Gasteiger partial charge on any atom is 0.235 e. The molecule has 0 spiro atoms. The summed E-state index contributed by atoms with van der Waals surface area (Å²) >= 11 is 1.31. The monoisotopic (exact) mass is 362 g/mol. The lowest BCUT2D eigenvalue weighted by molar-refractivity contribution is -0.117. The predicted octanol–water partition coefficient (Wildman–Crippen LogP) is 3.82. The molecule has 0 aliphatic carbocycles. The van der Waals surface area contributed by atoms with Crippen molar-refractivity contribution in [3.05, 3.63) is 95.6 Å². The molecule has 26 heavy (non-hydrogen) atoms. The Morgan fingerprint density at radius 1 is 0.808 bits per heavy atom. The van der Waals surface area contributed by atoms with Crippen LogP contribution < -0.4 is 11.5 Å². The van der Waals surface area contributed by atoms with E-state index in [1.807, 2.05) is 36.4 Å². The molecular formula is C21H18N2O2S. The van der Waals surface area contributed by atoms with E-state index in [-0.39, 0.29) is 11.5 Å². The van der Waals surface area contributed by atoms with Gasteiger partial charge in [-0.2, -0.15) is 0 Å². The average Bonchev–Trinajstić information content (AvgIpc) is 2.67. The molecule has 0 radical (unpaired) electrons. The lowest BCUT2D eigenvalue weighted by Crippen LogP contribution is -2.21. The first-order chi connectivity index (χ1) is 12.6. The van der Waals surface area contributed by atoms with E-state index in [0.29, 0.717) is 16.7 Å². The highest BCUT2D eigenvalue weighted by Crippen LogP contribution is 2.38. The Kier molecular flexibility index (Phi) is 5.39. The Morgan fingerprint density at radius 3 is 2.04 bits per heavy atom. The van der Waals surface area contributed by atoms with Gasteiger partial charge < -0.3 is 11.5 Å². The number of carbonyl (C=O) groups is 2. The second-order valence-corrected chi connectivity index (χ2v) is 6.90. The van der Waals surface area contributed by atoms with Crippen LogP contribution in [0, 0.1) is 0 Å². The molecule has 3 aromatic carbocycles. The minimum absolute atomic E-state index is 0.183. The van der Waals surface area contributed by atoms with Gasteiger partial charge in [-0.25, -0.2) is 0 Å². The first kappa shape index (κ1) is 17.8. The molecule has 0 aromatic heterocycles. The number of para-hydroxylation sites is 1. The Hall–Kier alpha value is -3.05. The maximum absolute atomic E-state index is 12.8. The van der Waals surface area contributed by atoms with Crippen molar-refractivity contribution in [2.45, 2.75) is 10.1 Å². The second-order valence-electron chi connectivity index (χ2n) is 5.72. The molecule has 3 rings (SSSR count). The molecule has 1 unspecified atom stereocenters. The summed E-state index contributed by atoms with van der Waals surface area (Å²) in [4.78, 5) is 25.7. The van der Waals surface area contributed by atoms with Crippen LogP contribution in [0.5, 0.6) is 0 Å². The van der Waals surface area contributed by atoms with Gasteiger partial charge in [0.1, 0.15) is 5.25 Å². The molecule has 1 amide bonds. The smallest absolute Gasteiger partial charge is 0.235 e. The van der Waals surface area contributed by atoms with Gasteiger partial charge in [-0.15, -0.1) is 11.8 Å². The highest BCUT2D eigenvalue weighted by Gasteiger charge is 2.24. The SMILES string of the molecule is NC(=O)C(Sc1ccccc1)c1cccc(C(=O)c2ccccc2)c1N. The van der Waals surface area contributed by atoms with Crippen LogP contribution in [-0.2, 0) is 4.79 Å². The van der Waals surface area contributed by atoms with Crippen LogP contribution in [0.1, 0.15) is 26.7 Å². The highest BCUT2D eigenvalue weighted by molar-refractivity contribution is 8.00. The summed E-state index contributed by atoms with van der Waals surface area (Å²) in [7, 11) is 0. The molecule has 0 bridgehead atoms. The van der Waals surface area contributed by atoms with Crippen molar-refractivity contribution in [1.82, 2.24) is 0 Å². The molecule has 0 heterocycles. The maximum atomic E-state index is 12.8. The van der Waals surface area contributed by atoms with E-state index in [4.69, 9.17) is 11.5 Å². The average molecular weight is 362 g/mol. The fourth-order valence-electron chi connectivity index (χ4n) is 2.66. The van der Waals surface area contributed by atoms with Crippen molar-refractivity contribution >= 4 is 29.1 Å². The van der Waals surface area contributed by atoms with Gasteiger partial charge in [0.2, 0.25) is 5.91 Å². The highest BCUT2D eigenvalue weighted by atomic mass is 32.2. The number of hydrogen-bond acceptors (Lipinski definition) is 4. The number of benzene rings is 3. The van der Waals surface area contributed by atoms with E-state index >= 15 is 0 Å². The number of primary amides is 1. The van der Waals surface area contributed by atoms with Crippen molar-refractivity contribution in [3.63, 3.8) is 0 Å². The molecule has 0 aliphatic heterocycles. The number of ketones is 1. The molecular weight excluding hydrogens is 344 g/mol. The van der Waals surface area contributed by atoms with Gasteiger partial charge in [0.25, 0.3) is 0 Å². The number of nitrogens with two attached hydrogens (primary N) is 2. The van der Waals surface area contributed by atoms with E-state index in [1.54, 1.807) is 42.5 Å². The third kappa shape index (κ3) is 3.78. The van der Waals surface area contributed by atoms with Crippen molar-refractivity contribution < 1.29 is 9.59 Å². The van der Waals surface area contributed by atoms with Crippen molar-refractivity contribution in [3.8, 4) is 0 Å². The topological polar surface area (TPSA) is 86.2 Å². The Labute approximate surface area is 156 Å².